The predicted octanol–water partition coefficient (Wildman–Crippen LogP) is 0.978. The van der Waals surface area contributed by atoms with Gasteiger partial charge >= 0.3 is 0 Å². The second kappa shape index (κ2) is 5.31. The molecular weight excluding hydrogens is 262 g/mol. The van der Waals surface area contributed by atoms with Crippen molar-refractivity contribution < 1.29 is 8.42 Å². The van der Waals surface area contributed by atoms with Gasteiger partial charge in [0, 0.05) is 30.7 Å². The van der Waals surface area contributed by atoms with Crippen LogP contribution in [0.4, 0.5) is 0 Å². The summed E-state index contributed by atoms with van der Waals surface area (Å²) in [7, 11) is -3.30. The number of nitrogens with one attached hydrogen (secondary N) is 2. The Kier molecular flexibility index (Phi) is 3.86. The standard InChI is InChI=1S/C13H25N3O2S/c1-10-4-2-3-7-16(10)19(17,18)15-13-8-11-5-6-12(9-13)14-11/h10-15H,2-9H2,1H3. The third-order valence-electron chi connectivity index (χ3n) is 4.84. The molecule has 3 aliphatic rings. The molecule has 0 radical (unpaired) electrons. The Balaban J connectivity index is 1.64. The summed E-state index contributed by atoms with van der Waals surface area (Å²) in [5.74, 6) is 0. The number of hydrogen-bond acceptors (Lipinski definition) is 3. The van der Waals surface area contributed by atoms with Gasteiger partial charge in [-0.15, -0.1) is 0 Å². The first-order valence-electron chi connectivity index (χ1n) is 7.60. The van der Waals surface area contributed by atoms with Crippen LogP contribution in [0.5, 0.6) is 0 Å². The van der Waals surface area contributed by atoms with Gasteiger partial charge in [-0.2, -0.15) is 17.4 Å². The van der Waals surface area contributed by atoms with Gasteiger partial charge in [0.25, 0.3) is 10.2 Å². The second-order valence-corrected chi connectivity index (χ2v) is 8.04. The Morgan fingerprint density at radius 2 is 1.79 bits per heavy atom. The molecule has 0 aromatic carbocycles. The van der Waals surface area contributed by atoms with E-state index in [2.05, 4.69) is 10.0 Å². The van der Waals surface area contributed by atoms with Crippen molar-refractivity contribution in [2.45, 2.75) is 76.0 Å². The maximum atomic E-state index is 12.5. The molecule has 2 N–H and O–H groups in total. The van der Waals surface area contributed by atoms with E-state index in [1.54, 1.807) is 4.31 Å². The summed E-state index contributed by atoms with van der Waals surface area (Å²) < 4.78 is 29.6. The first kappa shape index (κ1) is 13.8. The molecule has 6 heteroatoms. The van der Waals surface area contributed by atoms with E-state index in [0.29, 0.717) is 18.6 Å². The molecule has 110 valence electrons. The summed E-state index contributed by atoms with van der Waals surface area (Å²) in [5, 5.41) is 3.55. The van der Waals surface area contributed by atoms with E-state index in [4.69, 9.17) is 0 Å². The molecule has 0 aliphatic carbocycles. The number of nitrogens with zero attached hydrogens (tertiary/aromatic N) is 1. The van der Waals surface area contributed by atoms with E-state index in [-0.39, 0.29) is 12.1 Å². The first-order valence-corrected chi connectivity index (χ1v) is 9.04. The maximum absolute atomic E-state index is 12.5. The molecule has 0 saturated carbocycles. The van der Waals surface area contributed by atoms with Crippen LogP contribution in [-0.4, -0.2) is 43.4 Å². The lowest BCUT2D eigenvalue weighted by atomic mass is 10.0. The van der Waals surface area contributed by atoms with E-state index in [9.17, 15) is 8.42 Å². The molecule has 5 nitrogen and oxygen atoms in total. The smallest absolute Gasteiger partial charge is 0.279 e. The molecule has 2 bridgehead atoms. The Labute approximate surface area is 116 Å². The number of hydrogen-bond donors (Lipinski definition) is 2. The van der Waals surface area contributed by atoms with Crippen LogP contribution in [0, 0.1) is 0 Å². The molecule has 0 aromatic heterocycles. The normalized spacial score (nSPS) is 40.5. The molecule has 0 aromatic rings. The Morgan fingerprint density at radius 3 is 2.42 bits per heavy atom. The van der Waals surface area contributed by atoms with Crippen molar-refractivity contribution in [2.75, 3.05) is 6.54 Å². The highest BCUT2D eigenvalue weighted by Crippen LogP contribution is 2.28. The van der Waals surface area contributed by atoms with Crippen LogP contribution in [-0.2, 0) is 10.2 Å². The van der Waals surface area contributed by atoms with E-state index in [1.165, 1.54) is 12.8 Å². The SMILES string of the molecule is CC1CCCCN1S(=O)(=O)NC1CC2CCC(C1)N2. The minimum atomic E-state index is -3.30. The Bertz CT molecular complexity index is 414. The average molecular weight is 287 g/mol. The van der Waals surface area contributed by atoms with Crippen LogP contribution < -0.4 is 10.0 Å². The zero-order valence-corrected chi connectivity index (χ0v) is 12.5. The topological polar surface area (TPSA) is 61.4 Å². The summed E-state index contributed by atoms with van der Waals surface area (Å²) in [6.45, 7) is 2.69. The van der Waals surface area contributed by atoms with Crippen LogP contribution in [0.15, 0.2) is 0 Å². The molecule has 3 heterocycles. The van der Waals surface area contributed by atoms with Crippen LogP contribution in [0.2, 0.25) is 0 Å². The number of piperidine rings is 2. The second-order valence-electron chi connectivity index (χ2n) is 6.38. The van der Waals surface area contributed by atoms with Gasteiger partial charge in [-0.05, 0) is 45.4 Å². The largest absolute Gasteiger partial charge is 0.311 e. The molecule has 3 atom stereocenters. The molecule has 19 heavy (non-hydrogen) atoms. The van der Waals surface area contributed by atoms with E-state index >= 15 is 0 Å². The Morgan fingerprint density at radius 1 is 1.11 bits per heavy atom. The average Bonchev–Trinajstić information content (AvgIpc) is 2.68. The van der Waals surface area contributed by atoms with E-state index < -0.39 is 10.2 Å². The van der Waals surface area contributed by atoms with Crippen molar-refractivity contribution in [2.24, 2.45) is 0 Å². The summed E-state index contributed by atoms with van der Waals surface area (Å²) in [6, 6.07) is 1.30. The van der Waals surface area contributed by atoms with Gasteiger partial charge in [0.05, 0.1) is 0 Å². The third kappa shape index (κ3) is 2.96. The fourth-order valence-electron chi connectivity index (χ4n) is 3.86. The molecule has 3 unspecified atom stereocenters. The molecule has 0 amide bonds. The molecular formula is C13H25N3O2S. The molecule has 3 fully saturated rings. The van der Waals surface area contributed by atoms with Gasteiger partial charge in [-0.25, -0.2) is 0 Å². The van der Waals surface area contributed by atoms with Gasteiger partial charge in [0.2, 0.25) is 0 Å². The lowest BCUT2D eigenvalue weighted by Gasteiger charge is -2.35. The van der Waals surface area contributed by atoms with Gasteiger partial charge in [0.15, 0.2) is 0 Å². The number of fused-ring (bicyclic) bond motifs is 2. The highest BCUT2D eigenvalue weighted by molar-refractivity contribution is 7.87. The molecule has 0 spiro atoms. The highest BCUT2D eigenvalue weighted by Gasteiger charge is 2.37. The molecule has 3 saturated heterocycles. The third-order valence-corrected chi connectivity index (χ3v) is 6.63. The first-order chi connectivity index (χ1) is 9.04. The van der Waals surface area contributed by atoms with E-state index in [1.807, 2.05) is 6.92 Å². The summed E-state index contributed by atoms with van der Waals surface area (Å²) >= 11 is 0. The van der Waals surface area contributed by atoms with Crippen LogP contribution in [0.3, 0.4) is 0 Å². The minimum Gasteiger partial charge on any atom is -0.311 e. The van der Waals surface area contributed by atoms with Crippen LogP contribution in [0.25, 0.3) is 0 Å². The van der Waals surface area contributed by atoms with Crippen molar-refractivity contribution in [3.05, 3.63) is 0 Å². The zero-order valence-electron chi connectivity index (χ0n) is 11.6. The minimum absolute atomic E-state index is 0.123. The van der Waals surface area contributed by atoms with Gasteiger partial charge in [-0.1, -0.05) is 6.42 Å². The van der Waals surface area contributed by atoms with Crippen molar-refractivity contribution in [1.29, 1.82) is 0 Å². The van der Waals surface area contributed by atoms with Gasteiger partial charge < -0.3 is 5.32 Å². The summed E-state index contributed by atoms with van der Waals surface area (Å²) in [6.07, 6.45) is 7.40. The monoisotopic (exact) mass is 287 g/mol. The van der Waals surface area contributed by atoms with E-state index in [0.717, 1.165) is 32.1 Å². The van der Waals surface area contributed by atoms with Crippen molar-refractivity contribution in [1.82, 2.24) is 14.3 Å². The highest BCUT2D eigenvalue weighted by atomic mass is 32.2. The summed E-state index contributed by atoms with van der Waals surface area (Å²) in [5.41, 5.74) is 0. The lowest BCUT2D eigenvalue weighted by molar-refractivity contribution is 0.258. The maximum Gasteiger partial charge on any atom is 0.279 e. The molecule has 3 rings (SSSR count). The van der Waals surface area contributed by atoms with Gasteiger partial charge in [0.1, 0.15) is 0 Å². The van der Waals surface area contributed by atoms with Crippen molar-refractivity contribution >= 4 is 10.2 Å². The predicted molar refractivity (Wildman–Crippen MR) is 75.0 cm³/mol. The van der Waals surface area contributed by atoms with Crippen LogP contribution >= 0.6 is 0 Å². The van der Waals surface area contributed by atoms with Crippen molar-refractivity contribution in [3.63, 3.8) is 0 Å². The van der Waals surface area contributed by atoms with Gasteiger partial charge in [-0.3, -0.25) is 0 Å². The van der Waals surface area contributed by atoms with Crippen LogP contribution in [0.1, 0.15) is 51.9 Å². The number of rotatable bonds is 3. The lowest BCUT2D eigenvalue weighted by Crippen LogP contribution is -2.54. The summed E-state index contributed by atoms with van der Waals surface area (Å²) in [4.78, 5) is 0. The Hall–Kier alpha value is -0.170. The fourth-order valence-corrected chi connectivity index (χ4v) is 5.56. The zero-order chi connectivity index (χ0) is 13.5. The fraction of sp³-hybridized carbons (Fsp3) is 1.00. The van der Waals surface area contributed by atoms with Crippen molar-refractivity contribution in [3.8, 4) is 0 Å². The quantitative estimate of drug-likeness (QED) is 0.813. The molecule has 3 aliphatic heterocycles.